The summed E-state index contributed by atoms with van der Waals surface area (Å²) in [5, 5.41) is 7.25. The van der Waals surface area contributed by atoms with Crippen LogP contribution in [0.3, 0.4) is 0 Å². The maximum absolute atomic E-state index is 13.1. The van der Waals surface area contributed by atoms with E-state index >= 15 is 0 Å². The fourth-order valence-electron chi connectivity index (χ4n) is 3.16. The number of sulfonamides is 1. The van der Waals surface area contributed by atoms with Gasteiger partial charge in [-0.1, -0.05) is 30.3 Å². The van der Waals surface area contributed by atoms with Crippen LogP contribution in [0.5, 0.6) is 11.5 Å². The lowest BCUT2D eigenvalue weighted by Gasteiger charge is -2.09. The molecule has 4 rings (SSSR count). The Morgan fingerprint density at radius 1 is 0.912 bits per heavy atom. The second kappa shape index (κ2) is 9.67. The van der Waals surface area contributed by atoms with E-state index in [1.165, 1.54) is 19.2 Å². The Labute approximate surface area is 195 Å². The molecule has 174 valence electrons. The largest absolute Gasteiger partial charge is 0.497 e. The second-order valence-corrected chi connectivity index (χ2v) is 8.71. The Kier molecular flexibility index (Phi) is 6.51. The minimum atomic E-state index is -3.99. The van der Waals surface area contributed by atoms with E-state index in [-0.39, 0.29) is 16.0 Å². The first kappa shape index (κ1) is 22.9. The van der Waals surface area contributed by atoms with Crippen LogP contribution in [-0.4, -0.2) is 28.5 Å². The summed E-state index contributed by atoms with van der Waals surface area (Å²) in [6, 6.07) is 21.2. The lowest BCUT2D eigenvalue weighted by atomic mass is 10.1. The molecule has 34 heavy (non-hydrogen) atoms. The van der Waals surface area contributed by atoms with Crippen molar-refractivity contribution in [2.24, 2.45) is 5.10 Å². The van der Waals surface area contributed by atoms with Gasteiger partial charge in [0.25, 0.3) is 15.9 Å². The molecule has 0 bridgehead atoms. The molecule has 0 unspecified atom stereocenters. The SMILES string of the molecule is COc1ccc(NC(=O)c2cc3cccc(OC)c3oc2=NNS(=O)(=O)c2ccccc2)cc1. The van der Waals surface area contributed by atoms with Gasteiger partial charge in [0.05, 0.1) is 19.1 Å². The normalized spacial score (nSPS) is 11.8. The van der Waals surface area contributed by atoms with Crippen molar-refractivity contribution >= 4 is 32.6 Å². The van der Waals surface area contributed by atoms with Gasteiger partial charge in [0.15, 0.2) is 11.3 Å². The molecule has 0 fully saturated rings. The highest BCUT2D eigenvalue weighted by Gasteiger charge is 2.17. The summed E-state index contributed by atoms with van der Waals surface area (Å²) in [5.41, 5.74) is 0.603. The lowest BCUT2D eigenvalue weighted by Crippen LogP contribution is -2.27. The number of carbonyl (C=O) groups excluding carboxylic acids is 1. The van der Waals surface area contributed by atoms with Gasteiger partial charge in [0.1, 0.15) is 11.3 Å². The third-order valence-electron chi connectivity index (χ3n) is 4.87. The van der Waals surface area contributed by atoms with Crippen molar-refractivity contribution in [1.82, 2.24) is 4.83 Å². The second-order valence-electron chi connectivity index (χ2n) is 7.05. The van der Waals surface area contributed by atoms with Crippen LogP contribution < -0.4 is 25.2 Å². The fraction of sp³-hybridized carbons (Fsp3) is 0.0833. The number of nitrogens with zero attached hydrogens (tertiary/aromatic N) is 1. The van der Waals surface area contributed by atoms with E-state index < -0.39 is 15.9 Å². The van der Waals surface area contributed by atoms with Crippen LogP contribution in [0, 0.1) is 0 Å². The highest BCUT2D eigenvalue weighted by molar-refractivity contribution is 7.89. The van der Waals surface area contributed by atoms with E-state index in [2.05, 4.69) is 15.2 Å². The molecule has 0 radical (unpaired) electrons. The summed E-state index contributed by atoms with van der Waals surface area (Å²) in [6.07, 6.45) is 0. The summed E-state index contributed by atoms with van der Waals surface area (Å²) >= 11 is 0. The van der Waals surface area contributed by atoms with Gasteiger partial charge in [0.2, 0.25) is 5.55 Å². The average Bonchev–Trinajstić information content (AvgIpc) is 2.87. The molecule has 3 aromatic carbocycles. The van der Waals surface area contributed by atoms with Crippen LogP contribution in [0.1, 0.15) is 10.4 Å². The highest BCUT2D eigenvalue weighted by Crippen LogP contribution is 2.25. The number of ether oxygens (including phenoxy) is 2. The van der Waals surface area contributed by atoms with Gasteiger partial charge < -0.3 is 19.2 Å². The molecule has 9 nitrogen and oxygen atoms in total. The fourth-order valence-corrected chi connectivity index (χ4v) is 3.98. The van der Waals surface area contributed by atoms with Crippen LogP contribution in [0.15, 0.2) is 93.3 Å². The highest BCUT2D eigenvalue weighted by atomic mass is 32.2. The molecule has 0 aliphatic heterocycles. The molecule has 0 saturated carbocycles. The summed E-state index contributed by atoms with van der Waals surface area (Å²) in [5.74, 6) is 0.495. The maximum atomic E-state index is 13.1. The number of anilines is 1. The van der Waals surface area contributed by atoms with E-state index in [1.54, 1.807) is 73.8 Å². The molecule has 0 spiro atoms. The Hall–Kier alpha value is -4.31. The third kappa shape index (κ3) is 4.86. The number of fused-ring (bicyclic) bond motifs is 1. The van der Waals surface area contributed by atoms with Crippen molar-refractivity contribution in [1.29, 1.82) is 0 Å². The number of para-hydroxylation sites is 1. The number of carbonyl (C=O) groups is 1. The molecular formula is C24H21N3O6S. The van der Waals surface area contributed by atoms with Crippen molar-refractivity contribution in [3.8, 4) is 11.5 Å². The van der Waals surface area contributed by atoms with E-state index in [4.69, 9.17) is 13.9 Å². The van der Waals surface area contributed by atoms with Gasteiger partial charge in [0, 0.05) is 11.1 Å². The van der Waals surface area contributed by atoms with Crippen molar-refractivity contribution in [2.45, 2.75) is 4.90 Å². The first-order valence-corrected chi connectivity index (χ1v) is 11.6. The zero-order valence-corrected chi connectivity index (χ0v) is 19.1. The Bertz CT molecular complexity index is 1500. The topological polar surface area (TPSA) is 119 Å². The van der Waals surface area contributed by atoms with Crippen LogP contribution in [0.4, 0.5) is 5.69 Å². The molecule has 0 aliphatic carbocycles. The lowest BCUT2D eigenvalue weighted by molar-refractivity contribution is 0.102. The molecule has 0 saturated heterocycles. The van der Waals surface area contributed by atoms with E-state index in [1.807, 2.05) is 0 Å². The predicted octanol–water partition coefficient (Wildman–Crippen LogP) is 3.50. The number of benzene rings is 3. The van der Waals surface area contributed by atoms with Gasteiger partial charge in [-0.25, -0.2) is 0 Å². The molecule has 10 heteroatoms. The number of nitrogens with one attached hydrogen (secondary N) is 2. The molecule has 1 aromatic heterocycles. The van der Waals surface area contributed by atoms with E-state index in [0.717, 1.165) is 0 Å². The molecule has 0 aliphatic rings. The molecule has 4 aromatic rings. The quantitative estimate of drug-likeness (QED) is 0.392. The van der Waals surface area contributed by atoms with Crippen LogP contribution >= 0.6 is 0 Å². The molecule has 1 amide bonds. The van der Waals surface area contributed by atoms with Crippen molar-refractivity contribution in [3.63, 3.8) is 0 Å². The standard InChI is InChI=1S/C24H21N3O6S/c1-31-18-13-11-17(12-14-18)25-23(28)20-15-16-7-6-10-21(32-2)22(16)33-24(20)26-27-34(29,30)19-8-4-3-5-9-19/h3-15,27H,1-2H3,(H,25,28). The minimum absolute atomic E-state index is 0.0151. The van der Waals surface area contributed by atoms with Crippen molar-refractivity contribution < 1.29 is 27.1 Å². The predicted molar refractivity (Wildman–Crippen MR) is 126 cm³/mol. The van der Waals surface area contributed by atoms with Crippen molar-refractivity contribution in [2.75, 3.05) is 19.5 Å². The van der Waals surface area contributed by atoms with E-state index in [0.29, 0.717) is 28.2 Å². The number of methoxy groups -OCH3 is 2. The smallest absolute Gasteiger partial charge is 0.276 e. The van der Waals surface area contributed by atoms with Crippen LogP contribution in [-0.2, 0) is 10.0 Å². The average molecular weight is 480 g/mol. The van der Waals surface area contributed by atoms with Gasteiger partial charge in [-0.15, -0.1) is 5.10 Å². The summed E-state index contributed by atoms with van der Waals surface area (Å²) in [7, 11) is -0.970. The van der Waals surface area contributed by atoms with Gasteiger partial charge in [-0.3, -0.25) is 4.79 Å². The molecule has 1 heterocycles. The number of amides is 1. The van der Waals surface area contributed by atoms with Gasteiger partial charge in [-0.2, -0.15) is 13.2 Å². The van der Waals surface area contributed by atoms with Gasteiger partial charge in [-0.05, 0) is 48.5 Å². The first-order valence-electron chi connectivity index (χ1n) is 10.1. The summed E-state index contributed by atoms with van der Waals surface area (Å²) in [6.45, 7) is 0. The number of hydrogen-bond acceptors (Lipinski definition) is 7. The maximum Gasteiger partial charge on any atom is 0.276 e. The Morgan fingerprint density at radius 2 is 1.65 bits per heavy atom. The Morgan fingerprint density at radius 3 is 2.32 bits per heavy atom. The molecule has 0 atom stereocenters. The summed E-state index contributed by atoms with van der Waals surface area (Å²) < 4.78 is 41.6. The number of hydrogen-bond donors (Lipinski definition) is 2. The first-order chi connectivity index (χ1) is 16.4. The van der Waals surface area contributed by atoms with Crippen LogP contribution in [0.25, 0.3) is 11.0 Å². The van der Waals surface area contributed by atoms with E-state index in [9.17, 15) is 13.2 Å². The molecular weight excluding hydrogens is 458 g/mol. The van der Waals surface area contributed by atoms with Crippen molar-refractivity contribution in [3.05, 3.63) is 90.0 Å². The molecule has 2 N–H and O–H groups in total. The zero-order chi connectivity index (χ0) is 24.1. The monoisotopic (exact) mass is 479 g/mol. The summed E-state index contributed by atoms with van der Waals surface area (Å²) in [4.78, 5) is 15.3. The van der Waals surface area contributed by atoms with Gasteiger partial charge >= 0.3 is 0 Å². The van der Waals surface area contributed by atoms with Crippen LogP contribution in [0.2, 0.25) is 0 Å². The Balaban J connectivity index is 1.78. The minimum Gasteiger partial charge on any atom is -0.497 e. The third-order valence-corrected chi connectivity index (χ3v) is 6.10. The zero-order valence-electron chi connectivity index (χ0n) is 18.3. The number of rotatable bonds is 7.